The quantitative estimate of drug-likeness (QED) is 0.0703. The molecule has 0 spiro atoms. The Morgan fingerprint density at radius 2 is 1.09 bits per heavy atom. The van der Waals surface area contributed by atoms with Crippen LogP contribution in [0.3, 0.4) is 0 Å². The summed E-state index contributed by atoms with van der Waals surface area (Å²) in [5.74, 6) is -0.289. The van der Waals surface area contributed by atoms with Crippen LogP contribution in [0, 0.1) is 0 Å². The first-order chi connectivity index (χ1) is 21.4. The van der Waals surface area contributed by atoms with Gasteiger partial charge < -0.3 is 29.5 Å². The van der Waals surface area contributed by atoms with Crippen molar-refractivity contribution in [3.63, 3.8) is 0 Å². The predicted molar refractivity (Wildman–Crippen MR) is 175 cm³/mol. The van der Waals surface area contributed by atoms with E-state index in [1.54, 1.807) is 6.08 Å². The average molecular weight is 623 g/mol. The Morgan fingerprint density at radius 3 is 1.52 bits per heavy atom. The van der Waals surface area contributed by atoms with E-state index in [0.717, 1.165) is 83.5 Å². The summed E-state index contributed by atoms with van der Waals surface area (Å²) in [5.41, 5.74) is 0.606. The van der Waals surface area contributed by atoms with Crippen LogP contribution in [-0.2, 0) is 19.0 Å². The van der Waals surface area contributed by atoms with Gasteiger partial charge in [0.1, 0.15) is 6.10 Å². The van der Waals surface area contributed by atoms with Gasteiger partial charge in [0.2, 0.25) is 0 Å². The molecular formula is C37H66O7. The van der Waals surface area contributed by atoms with Crippen molar-refractivity contribution in [3.8, 4) is 0 Å². The van der Waals surface area contributed by atoms with Crippen LogP contribution in [0.2, 0.25) is 0 Å². The van der Waals surface area contributed by atoms with Gasteiger partial charge >= 0.3 is 5.97 Å². The molecule has 0 saturated carbocycles. The second-order valence-corrected chi connectivity index (χ2v) is 14.0. The van der Waals surface area contributed by atoms with Crippen molar-refractivity contribution < 1.29 is 34.3 Å². The number of unbranched alkanes of at least 4 members (excludes halogenated alkanes) is 14. The van der Waals surface area contributed by atoms with Gasteiger partial charge in [-0.1, -0.05) is 110 Å². The Kier molecular flexibility index (Phi) is 18.5. The fourth-order valence-electron chi connectivity index (χ4n) is 7.28. The topological polar surface area (TPSA) is 105 Å². The number of cyclic esters (lactones) is 1. The van der Waals surface area contributed by atoms with Crippen LogP contribution in [0.5, 0.6) is 0 Å². The van der Waals surface area contributed by atoms with E-state index < -0.39 is 12.2 Å². The zero-order valence-electron chi connectivity index (χ0n) is 28.1. The first-order valence-corrected chi connectivity index (χ1v) is 18.6. The van der Waals surface area contributed by atoms with Gasteiger partial charge in [-0.2, -0.15) is 0 Å². The number of ether oxygens (including phenoxy) is 3. The molecule has 0 amide bonds. The second-order valence-electron chi connectivity index (χ2n) is 14.0. The minimum atomic E-state index is -0.482. The van der Waals surface area contributed by atoms with Crippen LogP contribution in [0.1, 0.15) is 168 Å². The number of carbonyl (C=O) groups is 1. The Balaban J connectivity index is 1.14. The largest absolute Gasteiger partial charge is 0.455 e. The molecule has 44 heavy (non-hydrogen) atoms. The van der Waals surface area contributed by atoms with Crippen molar-refractivity contribution in [3.05, 3.63) is 11.6 Å². The number of aliphatic hydroxyl groups is 3. The van der Waals surface area contributed by atoms with Gasteiger partial charge in [-0.3, -0.25) is 0 Å². The maximum Gasteiger partial charge on any atom is 0.334 e. The lowest BCUT2D eigenvalue weighted by Crippen LogP contribution is -2.33. The molecule has 7 heteroatoms. The fourth-order valence-corrected chi connectivity index (χ4v) is 7.28. The predicted octanol–water partition coefficient (Wildman–Crippen LogP) is 7.86. The van der Waals surface area contributed by atoms with Crippen molar-refractivity contribution in [2.75, 3.05) is 0 Å². The van der Waals surface area contributed by atoms with Crippen LogP contribution in [-0.4, -0.2) is 70.1 Å². The monoisotopic (exact) mass is 622 g/mol. The van der Waals surface area contributed by atoms with Crippen LogP contribution in [0.4, 0.5) is 0 Å². The highest BCUT2D eigenvalue weighted by Gasteiger charge is 2.40. The minimum absolute atomic E-state index is 0.0403. The molecule has 3 aliphatic rings. The summed E-state index contributed by atoms with van der Waals surface area (Å²) in [5, 5.41) is 31.7. The lowest BCUT2D eigenvalue weighted by atomic mass is 10.00. The number of hydrogen-bond donors (Lipinski definition) is 3. The summed E-state index contributed by atoms with van der Waals surface area (Å²) < 4.78 is 17.7. The van der Waals surface area contributed by atoms with Gasteiger partial charge in [0, 0.05) is 12.0 Å². The molecule has 0 radical (unpaired) electrons. The minimum Gasteiger partial charge on any atom is -0.455 e. The summed E-state index contributed by atoms with van der Waals surface area (Å²) in [6.45, 7) is 4.10. The molecule has 0 aromatic heterocycles. The van der Waals surface area contributed by atoms with E-state index >= 15 is 0 Å². The van der Waals surface area contributed by atoms with Crippen molar-refractivity contribution in [2.45, 2.75) is 217 Å². The normalized spacial score (nSPS) is 27.4. The number of carbonyl (C=O) groups excluding carboxylic acids is 1. The third-order valence-corrected chi connectivity index (χ3v) is 10.0. The first kappa shape index (κ1) is 37.5. The maximum absolute atomic E-state index is 11.7. The number of hydrogen-bond acceptors (Lipinski definition) is 7. The average Bonchev–Trinajstić information content (AvgIpc) is 3.75. The Hall–Kier alpha value is -0.990. The third kappa shape index (κ3) is 14.2. The van der Waals surface area contributed by atoms with E-state index in [-0.39, 0.29) is 42.6 Å². The summed E-state index contributed by atoms with van der Waals surface area (Å²) >= 11 is 0. The zero-order valence-corrected chi connectivity index (χ0v) is 28.1. The Morgan fingerprint density at radius 1 is 0.659 bits per heavy atom. The molecule has 0 aromatic rings. The molecule has 0 bridgehead atoms. The van der Waals surface area contributed by atoms with E-state index in [1.807, 2.05) is 6.92 Å². The summed E-state index contributed by atoms with van der Waals surface area (Å²) in [6, 6.07) is 0. The zero-order chi connectivity index (χ0) is 31.6. The molecular weight excluding hydrogens is 556 g/mol. The highest BCUT2D eigenvalue weighted by atomic mass is 16.6. The van der Waals surface area contributed by atoms with E-state index in [0.29, 0.717) is 18.4 Å². The summed E-state index contributed by atoms with van der Waals surface area (Å²) in [6.07, 6.45) is 26.1. The van der Waals surface area contributed by atoms with Crippen molar-refractivity contribution in [2.24, 2.45) is 0 Å². The van der Waals surface area contributed by atoms with Crippen molar-refractivity contribution in [1.82, 2.24) is 0 Å². The Labute approximate surface area is 268 Å². The van der Waals surface area contributed by atoms with Gasteiger partial charge in [0.05, 0.1) is 42.7 Å². The molecule has 3 aliphatic heterocycles. The summed E-state index contributed by atoms with van der Waals surface area (Å²) in [7, 11) is 0. The number of esters is 1. The Bertz CT molecular complexity index is 801. The molecule has 3 rings (SSSR count). The van der Waals surface area contributed by atoms with Gasteiger partial charge in [-0.25, -0.2) is 4.79 Å². The van der Waals surface area contributed by atoms with Crippen LogP contribution in [0.15, 0.2) is 11.6 Å². The van der Waals surface area contributed by atoms with Crippen LogP contribution < -0.4 is 0 Å². The molecule has 0 aromatic carbocycles. The molecule has 0 aliphatic carbocycles. The first-order valence-electron chi connectivity index (χ1n) is 18.6. The van der Waals surface area contributed by atoms with E-state index in [4.69, 9.17) is 14.2 Å². The molecule has 7 nitrogen and oxygen atoms in total. The lowest BCUT2D eigenvalue weighted by molar-refractivity contribution is -0.139. The van der Waals surface area contributed by atoms with Crippen LogP contribution in [0.25, 0.3) is 0 Å². The van der Waals surface area contributed by atoms with Gasteiger partial charge in [-0.15, -0.1) is 0 Å². The fraction of sp³-hybridized carbons (Fsp3) is 0.919. The van der Waals surface area contributed by atoms with Crippen molar-refractivity contribution >= 4 is 5.97 Å². The molecule has 3 N–H and O–H groups in total. The van der Waals surface area contributed by atoms with E-state index in [2.05, 4.69) is 6.92 Å². The van der Waals surface area contributed by atoms with Gasteiger partial charge in [-0.05, 0) is 57.9 Å². The molecule has 0 unspecified atom stereocenters. The van der Waals surface area contributed by atoms with Gasteiger partial charge in [0.25, 0.3) is 0 Å². The van der Waals surface area contributed by atoms with E-state index in [1.165, 1.54) is 57.8 Å². The SMILES string of the molecule is CCCCCCCCCCCC[C@@H](O)[C@H]1CC[C@H]([C@H]2CC[C@H]([C@@H](O)CCCCCCCC[C@@H](O)CC3=C[C@H](C)OC3=O)O2)O1. The van der Waals surface area contributed by atoms with E-state index in [9.17, 15) is 20.1 Å². The summed E-state index contributed by atoms with van der Waals surface area (Å²) in [4.78, 5) is 11.7. The second kappa shape index (κ2) is 21.7. The smallest absolute Gasteiger partial charge is 0.334 e. The highest BCUT2D eigenvalue weighted by molar-refractivity contribution is 5.90. The molecule has 2 saturated heterocycles. The van der Waals surface area contributed by atoms with Crippen LogP contribution >= 0.6 is 0 Å². The van der Waals surface area contributed by atoms with Crippen molar-refractivity contribution in [1.29, 1.82) is 0 Å². The maximum atomic E-state index is 11.7. The lowest BCUT2D eigenvalue weighted by Gasteiger charge is -2.24. The number of aliphatic hydroxyl groups excluding tert-OH is 3. The third-order valence-electron chi connectivity index (χ3n) is 10.0. The molecule has 2 fully saturated rings. The number of rotatable bonds is 25. The van der Waals surface area contributed by atoms with Gasteiger partial charge in [0.15, 0.2) is 0 Å². The molecule has 256 valence electrons. The standard InChI is InChI=1S/C37H66O7/c1-3-4-5-6-7-8-9-10-14-17-20-31(39)33-22-24-35(43-33)36-25-23-34(44-36)32(40)21-18-15-12-11-13-16-19-30(38)27-29-26-28(2)42-37(29)41/h26,28,30-36,38-40H,3-25,27H2,1-2H3/t28-,30+,31+,32-,33+,34+,35+,36+/m0/s1. The molecule has 8 atom stereocenters. The molecule has 3 heterocycles. The highest BCUT2D eigenvalue weighted by Crippen LogP contribution is 2.34.